The first-order chi connectivity index (χ1) is 12.1. The minimum Gasteiger partial charge on any atom is -0.351 e. The lowest BCUT2D eigenvalue weighted by atomic mass is 10.0. The molecule has 25 heavy (non-hydrogen) atoms. The Kier molecular flexibility index (Phi) is 4.27. The van der Waals surface area contributed by atoms with Crippen molar-refractivity contribution in [2.45, 2.75) is 25.9 Å². The summed E-state index contributed by atoms with van der Waals surface area (Å²) in [6.07, 6.45) is 1.84. The van der Waals surface area contributed by atoms with Crippen LogP contribution >= 0.6 is 23.6 Å². The first-order valence-electron chi connectivity index (χ1n) is 8.26. The summed E-state index contributed by atoms with van der Waals surface area (Å²) in [5, 5.41) is 6.36. The number of benzene rings is 1. The zero-order valence-electron chi connectivity index (χ0n) is 14.1. The van der Waals surface area contributed by atoms with Crippen LogP contribution in [0.3, 0.4) is 0 Å². The van der Waals surface area contributed by atoms with Gasteiger partial charge in [0.05, 0.1) is 17.8 Å². The second-order valence-corrected chi connectivity index (χ2v) is 7.72. The molecule has 3 nitrogen and oxygen atoms in total. The number of aromatic nitrogens is 1. The van der Waals surface area contributed by atoms with Gasteiger partial charge in [-0.1, -0.05) is 18.2 Å². The van der Waals surface area contributed by atoms with Gasteiger partial charge in [0.15, 0.2) is 5.11 Å². The quantitative estimate of drug-likeness (QED) is 0.666. The maximum atomic E-state index is 5.73. The predicted octanol–water partition coefficient (Wildman–Crippen LogP) is 4.94. The molecule has 1 fully saturated rings. The van der Waals surface area contributed by atoms with Gasteiger partial charge in [-0.3, -0.25) is 4.98 Å². The summed E-state index contributed by atoms with van der Waals surface area (Å²) < 4.78 is 0. The van der Waals surface area contributed by atoms with Crippen molar-refractivity contribution in [3.05, 3.63) is 81.8 Å². The highest BCUT2D eigenvalue weighted by Crippen LogP contribution is 2.43. The van der Waals surface area contributed by atoms with E-state index in [0.717, 1.165) is 16.5 Å². The number of thiophene rings is 1. The molecule has 0 unspecified atom stereocenters. The summed E-state index contributed by atoms with van der Waals surface area (Å²) in [6.45, 7) is 4.25. The zero-order chi connectivity index (χ0) is 17.4. The lowest BCUT2D eigenvalue weighted by molar-refractivity contribution is 0.575. The van der Waals surface area contributed by atoms with Crippen molar-refractivity contribution < 1.29 is 0 Å². The average Bonchev–Trinajstić information content (AvgIpc) is 3.22. The first-order valence-corrected chi connectivity index (χ1v) is 9.54. The molecule has 1 aromatic carbocycles. The number of nitrogens with zero attached hydrogens (tertiary/aromatic N) is 2. The van der Waals surface area contributed by atoms with Crippen molar-refractivity contribution >= 4 is 34.4 Å². The van der Waals surface area contributed by atoms with Gasteiger partial charge in [0.2, 0.25) is 0 Å². The van der Waals surface area contributed by atoms with E-state index < -0.39 is 0 Å². The Hall–Kier alpha value is -2.24. The second kappa shape index (κ2) is 6.58. The molecule has 0 aliphatic carbocycles. The van der Waals surface area contributed by atoms with Crippen LogP contribution in [-0.2, 0) is 0 Å². The van der Waals surface area contributed by atoms with E-state index in [1.54, 1.807) is 11.3 Å². The third-order valence-electron chi connectivity index (χ3n) is 4.42. The molecule has 1 saturated heterocycles. The molecular formula is C20H19N3S2. The fourth-order valence-electron chi connectivity index (χ4n) is 3.47. The monoisotopic (exact) mass is 365 g/mol. The lowest BCUT2D eigenvalue weighted by Crippen LogP contribution is -2.29. The topological polar surface area (TPSA) is 28.2 Å². The molecule has 0 radical (unpaired) electrons. The molecule has 0 bridgehead atoms. The molecular weight excluding hydrogens is 346 g/mol. The Balaban J connectivity index is 1.83. The van der Waals surface area contributed by atoms with Crippen LogP contribution < -0.4 is 10.2 Å². The van der Waals surface area contributed by atoms with Crippen molar-refractivity contribution in [3.63, 3.8) is 0 Å². The van der Waals surface area contributed by atoms with Crippen molar-refractivity contribution in [2.24, 2.45) is 0 Å². The maximum Gasteiger partial charge on any atom is 0.174 e. The minimum absolute atomic E-state index is 0.0353. The third kappa shape index (κ3) is 3.05. The van der Waals surface area contributed by atoms with E-state index in [9.17, 15) is 0 Å². The van der Waals surface area contributed by atoms with E-state index in [1.807, 2.05) is 18.3 Å². The second-order valence-electron chi connectivity index (χ2n) is 6.36. The zero-order valence-corrected chi connectivity index (χ0v) is 15.8. The van der Waals surface area contributed by atoms with Gasteiger partial charge in [-0.2, -0.15) is 0 Å². The van der Waals surface area contributed by atoms with Crippen LogP contribution in [0, 0.1) is 13.8 Å². The Morgan fingerprint density at radius 1 is 1.08 bits per heavy atom. The highest BCUT2D eigenvalue weighted by Gasteiger charge is 2.41. The Morgan fingerprint density at radius 2 is 1.88 bits per heavy atom. The minimum atomic E-state index is 0.0353. The SMILES string of the molecule is Cc1cc(C)cc(N2C(=S)N[C@@H](c3ccccn3)[C@@H]2c2cccs2)c1. The molecule has 1 N–H and O–H groups in total. The molecule has 0 saturated carbocycles. The number of aryl methyl sites for hydroxylation is 2. The molecule has 2 aromatic heterocycles. The normalized spacial score (nSPS) is 19.9. The van der Waals surface area contributed by atoms with Crippen LogP contribution in [0.2, 0.25) is 0 Å². The fraction of sp³-hybridized carbons (Fsp3) is 0.200. The Morgan fingerprint density at radius 3 is 2.52 bits per heavy atom. The van der Waals surface area contributed by atoms with Crippen LogP contribution in [0.1, 0.15) is 33.8 Å². The van der Waals surface area contributed by atoms with E-state index in [2.05, 4.69) is 70.8 Å². The molecule has 3 heterocycles. The van der Waals surface area contributed by atoms with Gasteiger partial charge < -0.3 is 10.2 Å². The lowest BCUT2D eigenvalue weighted by Gasteiger charge is -2.27. The molecule has 126 valence electrons. The molecule has 0 spiro atoms. The third-order valence-corrected chi connectivity index (χ3v) is 5.67. The van der Waals surface area contributed by atoms with E-state index in [1.165, 1.54) is 16.0 Å². The number of pyridine rings is 1. The summed E-state index contributed by atoms with van der Waals surface area (Å²) in [7, 11) is 0. The largest absolute Gasteiger partial charge is 0.351 e. The fourth-order valence-corrected chi connectivity index (χ4v) is 4.67. The van der Waals surface area contributed by atoms with Crippen molar-refractivity contribution in [1.82, 2.24) is 10.3 Å². The van der Waals surface area contributed by atoms with Crippen molar-refractivity contribution in [3.8, 4) is 0 Å². The molecule has 0 amide bonds. The van der Waals surface area contributed by atoms with Gasteiger partial charge in [0, 0.05) is 16.8 Å². The first kappa shape index (κ1) is 16.2. The van der Waals surface area contributed by atoms with Crippen LogP contribution in [-0.4, -0.2) is 10.1 Å². The predicted molar refractivity (Wildman–Crippen MR) is 108 cm³/mol. The van der Waals surface area contributed by atoms with Gasteiger partial charge in [-0.25, -0.2) is 0 Å². The molecule has 4 rings (SSSR count). The molecule has 1 aliphatic heterocycles. The smallest absolute Gasteiger partial charge is 0.174 e. The van der Waals surface area contributed by atoms with E-state index in [-0.39, 0.29) is 12.1 Å². The molecule has 5 heteroatoms. The van der Waals surface area contributed by atoms with Crippen LogP contribution in [0.15, 0.2) is 60.1 Å². The Bertz CT molecular complexity index is 870. The van der Waals surface area contributed by atoms with Gasteiger partial charge >= 0.3 is 0 Å². The summed E-state index contributed by atoms with van der Waals surface area (Å²) in [4.78, 5) is 8.09. The molecule has 2 atom stereocenters. The van der Waals surface area contributed by atoms with E-state index in [0.29, 0.717) is 0 Å². The van der Waals surface area contributed by atoms with Crippen LogP contribution in [0.5, 0.6) is 0 Å². The molecule has 1 aliphatic rings. The van der Waals surface area contributed by atoms with Gasteiger partial charge in [-0.15, -0.1) is 11.3 Å². The number of anilines is 1. The number of rotatable bonds is 3. The summed E-state index contributed by atoms with van der Waals surface area (Å²) >= 11 is 7.49. The number of nitrogens with one attached hydrogen (secondary N) is 1. The van der Waals surface area contributed by atoms with E-state index in [4.69, 9.17) is 12.2 Å². The summed E-state index contributed by atoms with van der Waals surface area (Å²) in [5.74, 6) is 0. The van der Waals surface area contributed by atoms with E-state index >= 15 is 0 Å². The van der Waals surface area contributed by atoms with Crippen molar-refractivity contribution in [1.29, 1.82) is 0 Å². The highest BCUT2D eigenvalue weighted by molar-refractivity contribution is 7.80. The van der Waals surface area contributed by atoms with Gasteiger partial charge in [0.1, 0.15) is 0 Å². The number of hydrogen-bond acceptors (Lipinski definition) is 3. The summed E-state index contributed by atoms with van der Waals surface area (Å²) in [5.41, 5.74) is 4.62. The van der Waals surface area contributed by atoms with Crippen LogP contribution in [0.25, 0.3) is 0 Å². The highest BCUT2D eigenvalue weighted by atomic mass is 32.1. The number of thiocarbonyl (C=S) groups is 1. The van der Waals surface area contributed by atoms with Crippen molar-refractivity contribution in [2.75, 3.05) is 4.90 Å². The molecule has 3 aromatic rings. The summed E-state index contributed by atoms with van der Waals surface area (Å²) in [6, 6.07) is 17.0. The Labute approximate surface area is 157 Å². The van der Waals surface area contributed by atoms with Gasteiger partial charge in [0.25, 0.3) is 0 Å². The maximum absolute atomic E-state index is 5.73. The average molecular weight is 366 g/mol. The van der Waals surface area contributed by atoms with Crippen LogP contribution in [0.4, 0.5) is 5.69 Å². The van der Waals surface area contributed by atoms with Gasteiger partial charge in [-0.05, 0) is 72.9 Å². The standard InChI is InChI=1S/C20H19N3S2/c1-13-10-14(2)12-15(11-13)23-19(17-7-5-9-25-17)18(22-20(23)24)16-6-3-4-8-21-16/h3-12,18-19H,1-2H3,(H,22,24)/t18-,19-/m0/s1. The number of hydrogen-bond donors (Lipinski definition) is 1.